The van der Waals surface area contributed by atoms with Crippen molar-refractivity contribution in [3.8, 4) is 0 Å². The molecular weight excluding hydrogens is 276 g/mol. The van der Waals surface area contributed by atoms with E-state index in [-0.39, 0.29) is 11.1 Å². The topological polar surface area (TPSA) is 74.6 Å². The van der Waals surface area contributed by atoms with E-state index in [1.54, 1.807) is 6.07 Å². The average molecular weight is 287 g/mol. The molecule has 0 unspecified atom stereocenters. The summed E-state index contributed by atoms with van der Waals surface area (Å²) in [6.07, 6.45) is 0. The van der Waals surface area contributed by atoms with Gasteiger partial charge in [-0.3, -0.25) is 4.79 Å². The van der Waals surface area contributed by atoms with Gasteiger partial charge in [-0.2, -0.15) is 0 Å². The largest absolute Gasteiger partial charge is 0.481 e. The van der Waals surface area contributed by atoms with Gasteiger partial charge in [0.05, 0.1) is 11.0 Å². The minimum atomic E-state index is -1.24. The van der Waals surface area contributed by atoms with E-state index in [9.17, 15) is 9.59 Å². The lowest BCUT2D eigenvalue weighted by molar-refractivity contribution is -0.142. The molecule has 0 bridgehead atoms. The fourth-order valence-corrected chi connectivity index (χ4v) is 1.70. The van der Waals surface area contributed by atoms with E-state index in [1.165, 1.54) is 26.0 Å². The molecule has 1 rings (SSSR count). The van der Waals surface area contributed by atoms with Crippen LogP contribution in [0, 0.1) is 0 Å². The summed E-state index contributed by atoms with van der Waals surface area (Å²) < 4.78 is 0.654. The Balaban J connectivity index is 3.47. The minimum Gasteiger partial charge on any atom is -0.481 e. The molecule has 0 aliphatic heterocycles. The number of hydrogen-bond donors (Lipinski definition) is 2. The molecule has 2 N–H and O–H groups in total. The third-order valence-electron chi connectivity index (χ3n) is 2.42. The van der Waals surface area contributed by atoms with Crippen LogP contribution in [0.15, 0.2) is 22.7 Å². The summed E-state index contributed by atoms with van der Waals surface area (Å²) in [5.74, 6) is -2.19. The molecule has 0 saturated carbocycles. The molecular formula is C11H11BrO4. The lowest BCUT2D eigenvalue weighted by atomic mass is 9.82. The summed E-state index contributed by atoms with van der Waals surface area (Å²) >= 11 is 3.20. The zero-order chi connectivity index (χ0) is 12.5. The quantitative estimate of drug-likeness (QED) is 0.895. The van der Waals surface area contributed by atoms with Gasteiger partial charge in [0.25, 0.3) is 0 Å². The van der Waals surface area contributed by atoms with E-state index in [0.29, 0.717) is 4.47 Å². The molecule has 0 amide bonds. The van der Waals surface area contributed by atoms with E-state index in [2.05, 4.69) is 15.9 Å². The van der Waals surface area contributed by atoms with Crippen molar-refractivity contribution in [3.05, 3.63) is 33.8 Å². The van der Waals surface area contributed by atoms with Crippen molar-refractivity contribution in [2.45, 2.75) is 19.3 Å². The van der Waals surface area contributed by atoms with Crippen molar-refractivity contribution in [1.29, 1.82) is 0 Å². The molecule has 1 aromatic rings. The van der Waals surface area contributed by atoms with Crippen LogP contribution in [0.5, 0.6) is 0 Å². The Kier molecular flexibility index (Phi) is 3.38. The highest BCUT2D eigenvalue weighted by Crippen LogP contribution is 2.29. The Morgan fingerprint density at radius 2 is 1.81 bits per heavy atom. The smallest absolute Gasteiger partial charge is 0.336 e. The number of aromatic carboxylic acids is 1. The number of aliphatic carboxylic acids is 1. The van der Waals surface area contributed by atoms with Crippen LogP contribution in [-0.4, -0.2) is 22.2 Å². The molecule has 5 heteroatoms. The molecule has 0 aliphatic carbocycles. The van der Waals surface area contributed by atoms with Crippen LogP contribution in [0.2, 0.25) is 0 Å². The molecule has 4 nitrogen and oxygen atoms in total. The second-order valence-corrected chi connectivity index (χ2v) is 4.84. The molecule has 0 aliphatic rings. The SMILES string of the molecule is CC(C)(C(=O)O)c1cc(Br)ccc1C(=O)O. The van der Waals surface area contributed by atoms with Crippen LogP contribution < -0.4 is 0 Å². The number of carbonyl (C=O) groups is 2. The van der Waals surface area contributed by atoms with Crippen LogP contribution in [-0.2, 0) is 10.2 Å². The van der Waals surface area contributed by atoms with Gasteiger partial charge in [0.15, 0.2) is 0 Å². The van der Waals surface area contributed by atoms with E-state index in [0.717, 1.165) is 0 Å². The Hall–Kier alpha value is -1.36. The zero-order valence-corrected chi connectivity index (χ0v) is 10.4. The zero-order valence-electron chi connectivity index (χ0n) is 8.82. The van der Waals surface area contributed by atoms with Crippen LogP contribution in [0.3, 0.4) is 0 Å². The van der Waals surface area contributed by atoms with Gasteiger partial charge in [-0.1, -0.05) is 15.9 Å². The highest BCUT2D eigenvalue weighted by atomic mass is 79.9. The predicted molar refractivity (Wildman–Crippen MR) is 61.8 cm³/mol. The number of rotatable bonds is 3. The maximum atomic E-state index is 11.1. The standard InChI is InChI=1S/C11H11BrO4/c1-11(2,10(15)16)8-5-6(12)3-4-7(8)9(13)14/h3-5H,1-2H3,(H,13,14)(H,15,16). The van der Waals surface area contributed by atoms with Gasteiger partial charge in [-0.15, -0.1) is 0 Å². The molecule has 1 aromatic carbocycles. The second kappa shape index (κ2) is 4.25. The van der Waals surface area contributed by atoms with Gasteiger partial charge >= 0.3 is 11.9 Å². The summed E-state index contributed by atoms with van der Waals surface area (Å²) in [4.78, 5) is 22.1. The van der Waals surface area contributed by atoms with Gasteiger partial charge in [-0.05, 0) is 37.6 Å². The van der Waals surface area contributed by atoms with Gasteiger partial charge in [0.1, 0.15) is 0 Å². The lowest BCUT2D eigenvalue weighted by Gasteiger charge is -2.21. The van der Waals surface area contributed by atoms with Gasteiger partial charge in [-0.25, -0.2) is 4.79 Å². The maximum Gasteiger partial charge on any atom is 0.336 e. The summed E-state index contributed by atoms with van der Waals surface area (Å²) in [6.45, 7) is 2.95. The van der Waals surface area contributed by atoms with E-state index >= 15 is 0 Å². The first-order valence-corrected chi connectivity index (χ1v) is 5.33. The molecule has 0 fully saturated rings. The number of benzene rings is 1. The van der Waals surface area contributed by atoms with Crippen LogP contribution >= 0.6 is 15.9 Å². The Morgan fingerprint density at radius 1 is 1.25 bits per heavy atom. The average Bonchev–Trinajstić information content (AvgIpc) is 2.16. The lowest BCUT2D eigenvalue weighted by Crippen LogP contribution is -2.30. The van der Waals surface area contributed by atoms with Crippen molar-refractivity contribution < 1.29 is 19.8 Å². The van der Waals surface area contributed by atoms with Gasteiger partial charge < -0.3 is 10.2 Å². The summed E-state index contributed by atoms with van der Waals surface area (Å²) in [5, 5.41) is 18.1. The van der Waals surface area contributed by atoms with Crippen molar-refractivity contribution in [3.63, 3.8) is 0 Å². The molecule has 0 atom stereocenters. The molecule has 0 aromatic heterocycles. The normalized spacial score (nSPS) is 11.2. The second-order valence-electron chi connectivity index (χ2n) is 3.93. The summed E-state index contributed by atoms with van der Waals surface area (Å²) in [5.41, 5.74) is -0.949. The first kappa shape index (κ1) is 12.7. The number of hydrogen-bond acceptors (Lipinski definition) is 2. The fraction of sp³-hybridized carbons (Fsp3) is 0.273. The predicted octanol–water partition coefficient (Wildman–Crippen LogP) is 2.51. The minimum absolute atomic E-state index is 0.00981. The number of carboxylic acids is 2. The van der Waals surface area contributed by atoms with Crippen LogP contribution in [0.4, 0.5) is 0 Å². The van der Waals surface area contributed by atoms with Crippen molar-refractivity contribution >= 4 is 27.9 Å². The maximum absolute atomic E-state index is 11.1. The van der Waals surface area contributed by atoms with Crippen LogP contribution in [0.1, 0.15) is 29.8 Å². The molecule has 86 valence electrons. The highest BCUT2D eigenvalue weighted by Gasteiger charge is 2.33. The Bertz CT molecular complexity index is 451. The van der Waals surface area contributed by atoms with E-state index in [4.69, 9.17) is 10.2 Å². The first-order chi connectivity index (χ1) is 7.26. The van der Waals surface area contributed by atoms with E-state index < -0.39 is 17.4 Å². The first-order valence-electron chi connectivity index (χ1n) is 4.53. The Labute approximate surface area is 101 Å². The fourth-order valence-electron chi connectivity index (χ4n) is 1.34. The monoisotopic (exact) mass is 286 g/mol. The number of carboxylic acid groups (broad SMARTS) is 2. The van der Waals surface area contributed by atoms with Crippen molar-refractivity contribution in [2.75, 3.05) is 0 Å². The van der Waals surface area contributed by atoms with Crippen LogP contribution in [0.25, 0.3) is 0 Å². The third kappa shape index (κ3) is 2.24. The van der Waals surface area contributed by atoms with Crippen molar-refractivity contribution in [1.82, 2.24) is 0 Å². The summed E-state index contributed by atoms with van der Waals surface area (Å²) in [6, 6.07) is 4.49. The van der Waals surface area contributed by atoms with Gasteiger partial charge in [0.2, 0.25) is 0 Å². The molecule has 16 heavy (non-hydrogen) atoms. The van der Waals surface area contributed by atoms with Crippen molar-refractivity contribution in [2.24, 2.45) is 0 Å². The molecule has 0 heterocycles. The van der Waals surface area contributed by atoms with E-state index in [1.807, 2.05) is 0 Å². The number of halogens is 1. The molecule has 0 saturated heterocycles. The Morgan fingerprint density at radius 3 is 2.25 bits per heavy atom. The highest BCUT2D eigenvalue weighted by molar-refractivity contribution is 9.10. The third-order valence-corrected chi connectivity index (χ3v) is 2.91. The molecule has 0 spiro atoms. The van der Waals surface area contributed by atoms with Gasteiger partial charge in [0, 0.05) is 4.47 Å². The summed E-state index contributed by atoms with van der Waals surface area (Å²) in [7, 11) is 0. The molecule has 0 radical (unpaired) electrons.